The highest BCUT2D eigenvalue weighted by Gasteiger charge is 2.37. The molecule has 0 radical (unpaired) electrons. The summed E-state index contributed by atoms with van der Waals surface area (Å²) < 4.78 is 15.0. The molecule has 2 aromatic rings. The molecule has 0 spiro atoms. The van der Waals surface area contributed by atoms with Gasteiger partial charge in [0.05, 0.1) is 12.3 Å². The van der Waals surface area contributed by atoms with Crippen LogP contribution in [0.4, 0.5) is 0 Å². The molecule has 0 amide bonds. The van der Waals surface area contributed by atoms with Crippen molar-refractivity contribution in [2.75, 3.05) is 0 Å². The first kappa shape index (κ1) is 22.1. The Balaban J connectivity index is 1.94. The van der Waals surface area contributed by atoms with Crippen molar-refractivity contribution in [3.05, 3.63) is 68.6 Å². The van der Waals surface area contributed by atoms with Crippen LogP contribution in [-0.2, 0) is 11.0 Å². The summed E-state index contributed by atoms with van der Waals surface area (Å²) in [6.07, 6.45) is 3.83. The molecule has 0 atom stereocenters. The molecular formula is C23H30BrNO3Si. The third kappa shape index (κ3) is 4.76. The highest BCUT2D eigenvalue weighted by molar-refractivity contribution is 9.10. The van der Waals surface area contributed by atoms with Crippen molar-refractivity contribution in [1.82, 2.24) is 4.57 Å². The van der Waals surface area contributed by atoms with Crippen LogP contribution >= 0.6 is 15.9 Å². The molecular weight excluding hydrogens is 446 g/mol. The Kier molecular flexibility index (Phi) is 5.75. The third-order valence-corrected chi connectivity index (χ3v) is 10.7. The van der Waals surface area contributed by atoms with Gasteiger partial charge in [-0.2, -0.15) is 0 Å². The van der Waals surface area contributed by atoms with Crippen LogP contribution in [0.25, 0.3) is 5.70 Å². The van der Waals surface area contributed by atoms with Gasteiger partial charge in [0.1, 0.15) is 11.4 Å². The Labute approximate surface area is 182 Å². The fraction of sp³-hybridized carbons (Fsp3) is 0.435. The van der Waals surface area contributed by atoms with Crippen molar-refractivity contribution in [2.45, 2.75) is 65.0 Å². The topological polar surface area (TPSA) is 40.5 Å². The van der Waals surface area contributed by atoms with Crippen LogP contribution in [0.5, 0.6) is 5.75 Å². The van der Waals surface area contributed by atoms with E-state index in [0.29, 0.717) is 6.61 Å². The molecule has 1 aliphatic heterocycles. The molecule has 0 saturated heterocycles. The summed E-state index contributed by atoms with van der Waals surface area (Å²) in [5.74, 6) is 0.771. The summed E-state index contributed by atoms with van der Waals surface area (Å²) in [7, 11) is -1.87. The fourth-order valence-corrected chi connectivity index (χ4v) is 4.32. The van der Waals surface area contributed by atoms with Gasteiger partial charge in [0.25, 0.3) is 5.56 Å². The van der Waals surface area contributed by atoms with Gasteiger partial charge in [0, 0.05) is 22.3 Å². The first-order valence-electron chi connectivity index (χ1n) is 9.87. The predicted octanol–water partition coefficient (Wildman–Crippen LogP) is 6.19. The lowest BCUT2D eigenvalue weighted by Crippen LogP contribution is -2.40. The van der Waals surface area contributed by atoms with Crippen molar-refractivity contribution in [3.8, 4) is 5.75 Å². The Bertz CT molecular complexity index is 1020. The molecule has 156 valence electrons. The van der Waals surface area contributed by atoms with Crippen molar-refractivity contribution in [3.63, 3.8) is 0 Å². The molecule has 0 N–H and O–H groups in total. The number of fused-ring (bicyclic) bond motifs is 1. The number of aromatic nitrogens is 1. The van der Waals surface area contributed by atoms with Gasteiger partial charge in [0.15, 0.2) is 8.32 Å². The smallest absolute Gasteiger partial charge is 0.255 e. The van der Waals surface area contributed by atoms with Gasteiger partial charge in [-0.05, 0) is 67.9 Å². The number of halogens is 1. The molecule has 2 heterocycles. The second-order valence-electron chi connectivity index (χ2n) is 9.67. The minimum Gasteiger partial charge on any atom is -0.483 e. The third-order valence-electron chi connectivity index (χ3n) is 5.72. The van der Waals surface area contributed by atoms with E-state index in [1.54, 1.807) is 10.6 Å². The van der Waals surface area contributed by atoms with E-state index in [0.717, 1.165) is 27.0 Å². The minimum absolute atomic E-state index is 0.0730. The Hall–Kier alpha value is -1.63. The number of rotatable bonds is 4. The van der Waals surface area contributed by atoms with E-state index in [1.165, 1.54) is 0 Å². The summed E-state index contributed by atoms with van der Waals surface area (Å²) in [4.78, 5) is 13.0. The van der Waals surface area contributed by atoms with Crippen LogP contribution < -0.4 is 10.3 Å². The normalized spacial score (nSPS) is 16.1. The zero-order chi connectivity index (χ0) is 21.6. The monoisotopic (exact) mass is 475 g/mol. The van der Waals surface area contributed by atoms with Crippen LogP contribution in [0, 0.1) is 0 Å². The van der Waals surface area contributed by atoms with Crippen molar-refractivity contribution < 1.29 is 9.16 Å². The molecule has 0 fully saturated rings. The van der Waals surface area contributed by atoms with Gasteiger partial charge in [-0.1, -0.05) is 36.7 Å². The summed E-state index contributed by atoms with van der Waals surface area (Å²) in [6.45, 7) is 15.5. The van der Waals surface area contributed by atoms with E-state index < -0.39 is 13.9 Å². The van der Waals surface area contributed by atoms with Gasteiger partial charge in [-0.25, -0.2) is 0 Å². The summed E-state index contributed by atoms with van der Waals surface area (Å²) in [6, 6.07) is 9.50. The maximum atomic E-state index is 13.0. The molecule has 0 bridgehead atoms. The van der Waals surface area contributed by atoms with Gasteiger partial charge in [0.2, 0.25) is 0 Å². The molecule has 1 aromatic carbocycles. The van der Waals surface area contributed by atoms with E-state index >= 15 is 0 Å². The summed E-state index contributed by atoms with van der Waals surface area (Å²) in [5, 5.41) is 0.136. The average molecular weight is 476 g/mol. The van der Waals surface area contributed by atoms with Gasteiger partial charge < -0.3 is 9.16 Å². The lowest BCUT2D eigenvalue weighted by atomic mass is 9.99. The Morgan fingerprint density at radius 1 is 1.17 bits per heavy atom. The number of nitrogens with zero attached hydrogens (tertiary/aromatic N) is 1. The standard InChI is InChI=1S/C23H30BrNO3Si/c1-22(2,3)29(6,7)27-15-16-10-11-25(21(26)12-16)19-14-23(4,5)28-20-9-8-17(24)13-18(19)20/h8-14H,15H2,1-7H3. The number of hydrogen-bond acceptors (Lipinski definition) is 3. The zero-order valence-electron chi connectivity index (χ0n) is 18.3. The summed E-state index contributed by atoms with van der Waals surface area (Å²) >= 11 is 3.52. The SMILES string of the molecule is CC1(C)C=C(n2ccc(CO[Si](C)(C)C(C)(C)C)cc2=O)c2cc(Br)ccc2O1. The van der Waals surface area contributed by atoms with Crippen molar-refractivity contribution >= 4 is 29.9 Å². The lowest BCUT2D eigenvalue weighted by Gasteiger charge is -2.36. The molecule has 1 aliphatic rings. The van der Waals surface area contributed by atoms with E-state index in [2.05, 4.69) is 49.8 Å². The van der Waals surface area contributed by atoms with E-state index in [4.69, 9.17) is 9.16 Å². The first-order chi connectivity index (χ1) is 13.3. The van der Waals surface area contributed by atoms with Crippen LogP contribution in [0.15, 0.2) is 51.9 Å². The molecule has 0 saturated carbocycles. The van der Waals surface area contributed by atoms with Crippen LogP contribution in [-0.4, -0.2) is 18.5 Å². The fourth-order valence-electron chi connectivity index (χ4n) is 3.00. The highest BCUT2D eigenvalue weighted by Crippen LogP contribution is 2.38. The van der Waals surface area contributed by atoms with Crippen LogP contribution in [0.3, 0.4) is 0 Å². The van der Waals surface area contributed by atoms with Crippen LogP contribution in [0.2, 0.25) is 18.1 Å². The molecule has 4 nitrogen and oxygen atoms in total. The number of ether oxygens (including phenoxy) is 1. The highest BCUT2D eigenvalue weighted by atomic mass is 79.9. The number of hydrogen-bond donors (Lipinski definition) is 0. The van der Waals surface area contributed by atoms with E-state index in [9.17, 15) is 4.79 Å². The lowest BCUT2D eigenvalue weighted by molar-refractivity contribution is 0.157. The molecule has 0 unspecified atom stereocenters. The van der Waals surface area contributed by atoms with Crippen LogP contribution in [0.1, 0.15) is 45.7 Å². The molecule has 0 aliphatic carbocycles. The van der Waals surface area contributed by atoms with Gasteiger partial charge in [-0.15, -0.1) is 0 Å². The van der Waals surface area contributed by atoms with E-state index in [1.807, 2.05) is 50.4 Å². The second-order valence-corrected chi connectivity index (χ2v) is 15.4. The summed E-state index contributed by atoms with van der Waals surface area (Å²) in [5.41, 5.74) is 2.05. The Morgan fingerprint density at radius 3 is 2.48 bits per heavy atom. The predicted molar refractivity (Wildman–Crippen MR) is 125 cm³/mol. The first-order valence-corrected chi connectivity index (χ1v) is 13.6. The molecule has 29 heavy (non-hydrogen) atoms. The average Bonchev–Trinajstić information content (AvgIpc) is 2.58. The largest absolute Gasteiger partial charge is 0.483 e. The van der Waals surface area contributed by atoms with E-state index in [-0.39, 0.29) is 10.6 Å². The number of pyridine rings is 1. The minimum atomic E-state index is -1.87. The van der Waals surface area contributed by atoms with Gasteiger partial charge in [-0.3, -0.25) is 9.36 Å². The van der Waals surface area contributed by atoms with Crippen molar-refractivity contribution in [1.29, 1.82) is 0 Å². The quantitative estimate of drug-likeness (QED) is 0.494. The number of benzene rings is 1. The molecule has 6 heteroatoms. The van der Waals surface area contributed by atoms with Crippen molar-refractivity contribution in [2.24, 2.45) is 0 Å². The van der Waals surface area contributed by atoms with Gasteiger partial charge >= 0.3 is 0 Å². The molecule has 3 rings (SSSR count). The maximum absolute atomic E-state index is 13.0. The maximum Gasteiger partial charge on any atom is 0.255 e. The second kappa shape index (κ2) is 7.56. The molecule has 1 aromatic heterocycles. The Morgan fingerprint density at radius 2 is 1.86 bits per heavy atom. The zero-order valence-corrected chi connectivity index (χ0v) is 20.9.